The van der Waals surface area contributed by atoms with Crippen molar-refractivity contribution in [3.8, 4) is 0 Å². The van der Waals surface area contributed by atoms with Crippen LogP contribution in [0.3, 0.4) is 0 Å². The van der Waals surface area contributed by atoms with Crippen LogP contribution in [0.1, 0.15) is 44.9 Å². The van der Waals surface area contributed by atoms with Gasteiger partial charge in [-0.2, -0.15) is 5.10 Å². The minimum Gasteiger partial charge on any atom is -0.309 e. The van der Waals surface area contributed by atoms with E-state index in [4.69, 9.17) is 0 Å². The molecule has 0 fully saturated rings. The Balaban J connectivity index is 1.97. The summed E-state index contributed by atoms with van der Waals surface area (Å²) in [5.41, 5.74) is 2.73. The fourth-order valence-corrected chi connectivity index (χ4v) is 2.29. The monoisotopic (exact) mass is 271 g/mol. The van der Waals surface area contributed by atoms with Crippen LogP contribution in [-0.2, 0) is 12.0 Å². The molecule has 108 valence electrons. The van der Waals surface area contributed by atoms with Crippen LogP contribution in [0.5, 0.6) is 0 Å². The van der Waals surface area contributed by atoms with Crippen molar-refractivity contribution in [1.29, 1.82) is 0 Å². The van der Waals surface area contributed by atoms with Crippen molar-refractivity contribution >= 4 is 0 Å². The molecule has 1 aromatic heterocycles. The number of nitrogens with one attached hydrogen (secondary N) is 1. The van der Waals surface area contributed by atoms with Gasteiger partial charge in [0, 0.05) is 36.3 Å². The highest BCUT2D eigenvalue weighted by Gasteiger charge is 2.21. The van der Waals surface area contributed by atoms with Gasteiger partial charge >= 0.3 is 0 Å². The highest BCUT2D eigenvalue weighted by atomic mass is 15.3. The maximum atomic E-state index is 4.34. The first kappa shape index (κ1) is 14.8. The Hall–Kier alpha value is -1.61. The lowest BCUT2D eigenvalue weighted by Crippen LogP contribution is -2.34. The third-order valence-electron chi connectivity index (χ3n) is 3.88. The summed E-state index contributed by atoms with van der Waals surface area (Å²) in [5.74, 6) is 0. The molecule has 0 radical (unpaired) electrons. The van der Waals surface area contributed by atoms with E-state index in [0.717, 1.165) is 13.1 Å². The van der Waals surface area contributed by atoms with E-state index < -0.39 is 0 Å². The van der Waals surface area contributed by atoms with E-state index in [1.807, 2.05) is 10.9 Å². The number of benzene rings is 1. The number of nitrogens with zero attached hydrogens (tertiary/aromatic N) is 2. The quantitative estimate of drug-likeness (QED) is 0.871. The van der Waals surface area contributed by atoms with Crippen LogP contribution in [0.15, 0.2) is 42.7 Å². The SMILES string of the molecule is CCn1cc(C(C)NCC(C)(C)c2ccccc2)cn1. The van der Waals surface area contributed by atoms with Gasteiger partial charge in [-0.3, -0.25) is 4.68 Å². The molecule has 1 heterocycles. The minimum atomic E-state index is 0.121. The Bertz CT molecular complexity index is 528. The van der Waals surface area contributed by atoms with Gasteiger partial charge in [0.15, 0.2) is 0 Å². The zero-order chi connectivity index (χ0) is 14.6. The number of rotatable bonds is 6. The van der Waals surface area contributed by atoms with Gasteiger partial charge < -0.3 is 5.32 Å². The highest BCUT2D eigenvalue weighted by molar-refractivity contribution is 5.24. The summed E-state index contributed by atoms with van der Waals surface area (Å²) in [6.45, 7) is 10.7. The molecule has 20 heavy (non-hydrogen) atoms. The van der Waals surface area contributed by atoms with E-state index >= 15 is 0 Å². The molecule has 1 N–H and O–H groups in total. The normalized spacial score (nSPS) is 13.4. The van der Waals surface area contributed by atoms with E-state index in [-0.39, 0.29) is 5.41 Å². The highest BCUT2D eigenvalue weighted by Crippen LogP contribution is 2.23. The molecule has 1 atom stereocenters. The lowest BCUT2D eigenvalue weighted by molar-refractivity contribution is 0.435. The first-order valence-electron chi connectivity index (χ1n) is 7.34. The second kappa shape index (κ2) is 6.23. The minimum absolute atomic E-state index is 0.121. The van der Waals surface area contributed by atoms with Crippen LogP contribution in [0, 0.1) is 0 Å². The smallest absolute Gasteiger partial charge is 0.0537 e. The third-order valence-corrected chi connectivity index (χ3v) is 3.88. The summed E-state index contributed by atoms with van der Waals surface area (Å²) in [6.07, 6.45) is 4.07. The van der Waals surface area contributed by atoms with Crippen LogP contribution in [0.25, 0.3) is 0 Å². The Morgan fingerprint density at radius 1 is 1.25 bits per heavy atom. The summed E-state index contributed by atoms with van der Waals surface area (Å²) in [5, 5.41) is 7.96. The molecule has 0 bridgehead atoms. The molecule has 0 aliphatic rings. The van der Waals surface area contributed by atoms with Crippen LogP contribution in [0.2, 0.25) is 0 Å². The van der Waals surface area contributed by atoms with Crippen molar-refractivity contribution in [3.63, 3.8) is 0 Å². The Morgan fingerprint density at radius 2 is 1.95 bits per heavy atom. The Kier molecular flexibility index (Phi) is 4.61. The molecule has 0 amide bonds. The predicted molar refractivity (Wildman–Crippen MR) is 83.8 cm³/mol. The van der Waals surface area contributed by atoms with E-state index in [1.54, 1.807) is 0 Å². The molecule has 0 saturated carbocycles. The van der Waals surface area contributed by atoms with Crippen molar-refractivity contribution in [3.05, 3.63) is 53.9 Å². The molecular formula is C17H25N3. The maximum Gasteiger partial charge on any atom is 0.0537 e. The second-order valence-electron chi connectivity index (χ2n) is 5.98. The van der Waals surface area contributed by atoms with Gasteiger partial charge in [0.05, 0.1) is 6.20 Å². The molecule has 0 aliphatic heterocycles. The van der Waals surface area contributed by atoms with Gasteiger partial charge in [-0.05, 0) is 19.4 Å². The molecule has 3 nitrogen and oxygen atoms in total. The molecule has 0 saturated heterocycles. The van der Waals surface area contributed by atoms with Crippen molar-refractivity contribution in [2.45, 2.75) is 45.7 Å². The predicted octanol–water partition coefficient (Wildman–Crippen LogP) is 3.53. The van der Waals surface area contributed by atoms with Crippen molar-refractivity contribution < 1.29 is 0 Å². The molecule has 1 unspecified atom stereocenters. The number of hydrogen-bond acceptors (Lipinski definition) is 2. The van der Waals surface area contributed by atoms with Gasteiger partial charge in [-0.1, -0.05) is 44.2 Å². The molecule has 2 aromatic rings. The first-order valence-corrected chi connectivity index (χ1v) is 7.34. The van der Waals surface area contributed by atoms with Crippen LogP contribution in [0.4, 0.5) is 0 Å². The zero-order valence-corrected chi connectivity index (χ0v) is 12.9. The van der Waals surface area contributed by atoms with Crippen LogP contribution in [-0.4, -0.2) is 16.3 Å². The lowest BCUT2D eigenvalue weighted by Gasteiger charge is -2.27. The van der Waals surface area contributed by atoms with Crippen LogP contribution >= 0.6 is 0 Å². The molecule has 2 rings (SSSR count). The number of aryl methyl sites for hydroxylation is 1. The maximum absolute atomic E-state index is 4.34. The zero-order valence-electron chi connectivity index (χ0n) is 12.9. The average molecular weight is 271 g/mol. The molecular weight excluding hydrogens is 246 g/mol. The Morgan fingerprint density at radius 3 is 2.55 bits per heavy atom. The van der Waals surface area contributed by atoms with Crippen molar-refractivity contribution in [2.24, 2.45) is 0 Å². The molecule has 3 heteroatoms. The average Bonchev–Trinajstić information content (AvgIpc) is 2.95. The summed E-state index contributed by atoms with van der Waals surface area (Å²) >= 11 is 0. The van der Waals surface area contributed by atoms with E-state index in [9.17, 15) is 0 Å². The van der Waals surface area contributed by atoms with Gasteiger partial charge in [-0.25, -0.2) is 0 Å². The summed E-state index contributed by atoms with van der Waals surface area (Å²) in [6, 6.07) is 11.0. The fourth-order valence-electron chi connectivity index (χ4n) is 2.29. The standard InChI is InChI=1S/C17H25N3/c1-5-20-12-15(11-19-20)14(2)18-13-17(3,4)16-9-7-6-8-10-16/h6-12,14,18H,5,13H2,1-4H3. The largest absolute Gasteiger partial charge is 0.309 e. The van der Waals surface area contributed by atoms with Gasteiger partial charge in [0.2, 0.25) is 0 Å². The second-order valence-corrected chi connectivity index (χ2v) is 5.98. The number of hydrogen-bond donors (Lipinski definition) is 1. The fraction of sp³-hybridized carbons (Fsp3) is 0.471. The lowest BCUT2D eigenvalue weighted by atomic mass is 9.84. The van der Waals surface area contributed by atoms with Gasteiger partial charge in [0.1, 0.15) is 0 Å². The summed E-state index contributed by atoms with van der Waals surface area (Å²) in [7, 11) is 0. The van der Waals surface area contributed by atoms with Crippen molar-refractivity contribution in [1.82, 2.24) is 15.1 Å². The summed E-state index contributed by atoms with van der Waals surface area (Å²) < 4.78 is 1.97. The molecule has 0 spiro atoms. The third kappa shape index (κ3) is 3.48. The number of aromatic nitrogens is 2. The molecule has 1 aromatic carbocycles. The van der Waals surface area contributed by atoms with Gasteiger partial charge in [0.25, 0.3) is 0 Å². The summed E-state index contributed by atoms with van der Waals surface area (Å²) in [4.78, 5) is 0. The van der Waals surface area contributed by atoms with E-state index in [2.05, 4.69) is 74.6 Å². The Labute approximate surface area is 122 Å². The van der Waals surface area contributed by atoms with E-state index in [0.29, 0.717) is 6.04 Å². The van der Waals surface area contributed by atoms with Crippen LogP contribution < -0.4 is 5.32 Å². The topological polar surface area (TPSA) is 29.9 Å². The van der Waals surface area contributed by atoms with E-state index in [1.165, 1.54) is 11.1 Å². The molecule has 0 aliphatic carbocycles. The van der Waals surface area contributed by atoms with Gasteiger partial charge in [-0.15, -0.1) is 0 Å². The first-order chi connectivity index (χ1) is 9.53. The van der Waals surface area contributed by atoms with Crippen molar-refractivity contribution in [2.75, 3.05) is 6.54 Å².